The van der Waals surface area contributed by atoms with Gasteiger partial charge in [0.05, 0.1) is 23.1 Å². The molecule has 1 saturated carbocycles. The maximum Gasteiger partial charge on any atom is 0.251 e. The van der Waals surface area contributed by atoms with Crippen LogP contribution < -0.4 is 10.2 Å². The molecule has 1 aliphatic heterocycles. The molecule has 2 fully saturated rings. The van der Waals surface area contributed by atoms with Crippen LogP contribution >= 0.6 is 0 Å². The summed E-state index contributed by atoms with van der Waals surface area (Å²) in [7, 11) is 0. The second kappa shape index (κ2) is 8.68. The number of rotatable bonds is 5. The molecular formula is C26H27FN6O. The highest BCUT2D eigenvalue weighted by Gasteiger charge is 2.22. The van der Waals surface area contributed by atoms with Crippen LogP contribution in [0.4, 0.5) is 10.1 Å². The average Bonchev–Trinajstić information content (AvgIpc) is 3.23. The van der Waals surface area contributed by atoms with Crippen LogP contribution in [0.15, 0.2) is 48.7 Å². The topological polar surface area (TPSA) is 77.2 Å². The average molecular weight is 459 g/mol. The summed E-state index contributed by atoms with van der Waals surface area (Å²) in [6.45, 7) is 4.18. The fourth-order valence-electron chi connectivity index (χ4n) is 4.84. The molecule has 34 heavy (non-hydrogen) atoms. The van der Waals surface area contributed by atoms with Gasteiger partial charge in [-0.15, -0.1) is 0 Å². The van der Waals surface area contributed by atoms with E-state index in [2.05, 4.69) is 25.1 Å². The van der Waals surface area contributed by atoms with Crippen molar-refractivity contribution in [3.8, 4) is 0 Å². The number of pyridine rings is 1. The van der Waals surface area contributed by atoms with Gasteiger partial charge in [-0.3, -0.25) is 14.7 Å². The molecule has 2 aromatic heterocycles. The van der Waals surface area contributed by atoms with Crippen LogP contribution in [0, 0.1) is 5.82 Å². The number of nitrogens with zero attached hydrogens (tertiary/aromatic N) is 4. The van der Waals surface area contributed by atoms with Crippen LogP contribution in [0.5, 0.6) is 0 Å². The van der Waals surface area contributed by atoms with Crippen molar-refractivity contribution in [3.05, 3.63) is 65.9 Å². The number of halogens is 1. The molecule has 0 radical (unpaired) electrons. The Kier molecular flexibility index (Phi) is 5.37. The molecule has 6 rings (SSSR count). The van der Waals surface area contributed by atoms with Crippen LogP contribution in [0.2, 0.25) is 0 Å². The standard InChI is InChI=1S/C26H27FN6O/c27-18-5-7-21-20(15-18)24(8-9-28-21)33-12-10-32(11-13-33)16-25-30-22-6-4-17(14-23(22)31-25)26(34)29-19-2-1-3-19/h4-9,14-15,19H,1-3,10-13,16H2,(H,29,34)(H,30,31). The lowest BCUT2D eigenvalue weighted by Crippen LogP contribution is -2.46. The van der Waals surface area contributed by atoms with Crippen molar-refractivity contribution < 1.29 is 9.18 Å². The largest absolute Gasteiger partial charge is 0.368 e. The first-order valence-corrected chi connectivity index (χ1v) is 11.9. The molecule has 1 saturated heterocycles. The number of aromatic amines is 1. The maximum atomic E-state index is 13.8. The number of carbonyl (C=O) groups is 1. The first-order chi connectivity index (χ1) is 16.6. The van der Waals surface area contributed by atoms with Crippen LogP contribution in [-0.2, 0) is 6.54 Å². The molecule has 8 heteroatoms. The zero-order valence-corrected chi connectivity index (χ0v) is 18.9. The molecule has 1 amide bonds. The van der Waals surface area contributed by atoms with Crippen molar-refractivity contribution in [2.45, 2.75) is 31.8 Å². The third kappa shape index (κ3) is 4.09. The second-order valence-electron chi connectivity index (χ2n) is 9.27. The lowest BCUT2D eigenvalue weighted by atomic mass is 9.93. The highest BCUT2D eigenvalue weighted by molar-refractivity contribution is 5.97. The number of amides is 1. The first-order valence-electron chi connectivity index (χ1n) is 11.9. The van der Waals surface area contributed by atoms with Gasteiger partial charge in [0.2, 0.25) is 0 Å². The Bertz CT molecular complexity index is 1360. The Morgan fingerprint density at radius 1 is 1.06 bits per heavy atom. The van der Waals surface area contributed by atoms with Gasteiger partial charge in [-0.05, 0) is 61.7 Å². The molecule has 7 nitrogen and oxygen atoms in total. The van der Waals surface area contributed by atoms with Gasteiger partial charge in [0, 0.05) is 55.1 Å². The number of fused-ring (bicyclic) bond motifs is 2. The van der Waals surface area contributed by atoms with E-state index in [0.717, 1.165) is 79.0 Å². The third-order valence-electron chi connectivity index (χ3n) is 7.00. The minimum atomic E-state index is -0.242. The first kappa shape index (κ1) is 21.0. The Hall–Kier alpha value is -3.52. The minimum absolute atomic E-state index is 0.0117. The number of piperazine rings is 1. The Morgan fingerprint density at radius 2 is 1.88 bits per heavy atom. The summed E-state index contributed by atoms with van der Waals surface area (Å²) in [5, 5.41) is 3.94. The number of hydrogen-bond donors (Lipinski definition) is 2. The number of H-pyrrole nitrogens is 1. The zero-order valence-electron chi connectivity index (χ0n) is 18.9. The molecule has 2 aromatic carbocycles. The highest BCUT2D eigenvalue weighted by Crippen LogP contribution is 2.27. The van der Waals surface area contributed by atoms with Gasteiger partial charge in [0.1, 0.15) is 11.6 Å². The van der Waals surface area contributed by atoms with E-state index in [4.69, 9.17) is 4.98 Å². The van der Waals surface area contributed by atoms with E-state index in [1.807, 2.05) is 24.3 Å². The summed E-state index contributed by atoms with van der Waals surface area (Å²) in [5.74, 6) is 0.646. The number of imidazole rings is 1. The molecule has 2 aliphatic rings. The van der Waals surface area contributed by atoms with Gasteiger partial charge >= 0.3 is 0 Å². The molecule has 1 aliphatic carbocycles. The minimum Gasteiger partial charge on any atom is -0.368 e. The van der Waals surface area contributed by atoms with Crippen molar-refractivity contribution in [2.24, 2.45) is 0 Å². The van der Waals surface area contributed by atoms with Gasteiger partial charge < -0.3 is 15.2 Å². The summed E-state index contributed by atoms with van der Waals surface area (Å²) in [6.07, 6.45) is 5.13. The molecule has 0 bridgehead atoms. The molecule has 0 spiro atoms. The number of benzene rings is 2. The number of carbonyl (C=O) groups excluding carboxylic acids is 1. The van der Waals surface area contributed by atoms with E-state index in [1.54, 1.807) is 18.3 Å². The SMILES string of the molecule is O=C(NC1CCC1)c1ccc2nc(CN3CCN(c4ccnc5ccc(F)cc45)CC3)[nH]c2c1. The van der Waals surface area contributed by atoms with Crippen molar-refractivity contribution in [3.63, 3.8) is 0 Å². The Balaban J connectivity index is 1.11. The van der Waals surface area contributed by atoms with Gasteiger partial charge in [0.15, 0.2) is 0 Å². The zero-order chi connectivity index (χ0) is 23.1. The summed E-state index contributed by atoms with van der Waals surface area (Å²) in [5.41, 5.74) is 4.27. The fraction of sp³-hybridized carbons (Fsp3) is 0.346. The van der Waals surface area contributed by atoms with Crippen molar-refractivity contribution in [1.29, 1.82) is 0 Å². The molecule has 4 aromatic rings. The Labute approximate surface area is 197 Å². The summed E-state index contributed by atoms with van der Waals surface area (Å²) in [6, 6.07) is 12.7. The van der Waals surface area contributed by atoms with E-state index in [9.17, 15) is 9.18 Å². The molecular weight excluding hydrogens is 431 g/mol. The number of nitrogens with one attached hydrogen (secondary N) is 2. The fourth-order valence-corrected chi connectivity index (χ4v) is 4.84. The highest BCUT2D eigenvalue weighted by atomic mass is 19.1. The molecule has 0 atom stereocenters. The van der Waals surface area contributed by atoms with Gasteiger partial charge in [-0.25, -0.2) is 9.37 Å². The number of anilines is 1. The van der Waals surface area contributed by atoms with Gasteiger partial charge in [0.25, 0.3) is 5.91 Å². The van der Waals surface area contributed by atoms with Crippen molar-refractivity contribution in [2.75, 3.05) is 31.1 Å². The maximum absolute atomic E-state index is 13.8. The Morgan fingerprint density at radius 3 is 2.68 bits per heavy atom. The van der Waals surface area contributed by atoms with Crippen LogP contribution in [0.1, 0.15) is 35.4 Å². The quantitative estimate of drug-likeness (QED) is 0.475. The normalized spacial score (nSPS) is 17.3. The smallest absolute Gasteiger partial charge is 0.251 e. The van der Waals surface area contributed by atoms with E-state index in [1.165, 1.54) is 12.5 Å². The van der Waals surface area contributed by atoms with Crippen LogP contribution in [-0.4, -0.2) is 58.0 Å². The van der Waals surface area contributed by atoms with Gasteiger partial charge in [-0.1, -0.05) is 0 Å². The summed E-state index contributed by atoms with van der Waals surface area (Å²) in [4.78, 5) is 29.6. The second-order valence-corrected chi connectivity index (χ2v) is 9.27. The van der Waals surface area contributed by atoms with E-state index in [0.29, 0.717) is 11.6 Å². The lowest BCUT2D eigenvalue weighted by Gasteiger charge is -2.36. The third-order valence-corrected chi connectivity index (χ3v) is 7.00. The van der Waals surface area contributed by atoms with Crippen LogP contribution in [0.25, 0.3) is 21.9 Å². The van der Waals surface area contributed by atoms with Crippen LogP contribution in [0.3, 0.4) is 0 Å². The van der Waals surface area contributed by atoms with Crippen molar-refractivity contribution >= 4 is 33.5 Å². The lowest BCUT2D eigenvalue weighted by molar-refractivity contribution is 0.0917. The molecule has 3 heterocycles. The monoisotopic (exact) mass is 458 g/mol. The summed E-state index contributed by atoms with van der Waals surface area (Å²) >= 11 is 0. The predicted molar refractivity (Wildman–Crippen MR) is 130 cm³/mol. The number of aromatic nitrogens is 3. The molecule has 174 valence electrons. The van der Waals surface area contributed by atoms with E-state index >= 15 is 0 Å². The summed E-state index contributed by atoms with van der Waals surface area (Å²) < 4.78 is 13.8. The molecule has 0 unspecified atom stereocenters. The van der Waals surface area contributed by atoms with E-state index < -0.39 is 0 Å². The predicted octanol–water partition coefficient (Wildman–Crippen LogP) is 3.85. The van der Waals surface area contributed by atoms with E-state index in [-0.39, 0.29) is 11.7 Å². The molecule has 2 N–H and O–H groups in total. The number of hydrogen-bond acceptors (Lipinski definition) is 5. The van der Waals surface area contributed by atoms with Crippen molar-refractivity contribution in [1.82, 2.24) is 25.2 Å². The van der Waals surface area contributed by atoms with Gasteiger partial charge in [-0.2, -0.15) is 0 Å².